The number of aliphatic hydroxyl groups excluding tert-OH is 1. The largest absolute Gasteiger partial charge is 1.00 e. The Hall–Kier alpha value is 1.60. The zero-order valence-corrected chi connectivity index (χ0v) is 22.1. The summed E-state index contributed by atoms with van der Waals surface area (Å²) in [6.45, 7) is 21.5. The van der Waals surface area contributed by atoms with Gasteiger partial charge in [0.05, 0.1) is 6.10 Å². The molecule has 0 spiro atoms. The van der Waals surface area contributed by atoms with Gasteiger partial charge in [-0.25, -0.2) is 0 Å². The van der Waals surface area contributed by atoms with Crippen molar-refractivity contribution in [2.24, 2.45) is 35.0 Å². The van der Waals surface area contributed by atoms with Crippen molar-refractivity contribution in [3.63, 3.8) is 0 Å². The summed E-state index contributed by atoms with van der Waals surface area (Å²) in [5.41, 5.74) is 0.339. The molecule has 2 fully saturated rings. The van der Waals surface area contributed by atoms with Crippen LogP contribution in [0.2, 0.25) is 0 Å². The third-order valence-electron chi connectivity index (χ3n) is 7.36. The van der Waals surface area contributed by atoms with Crippen molar-refractivity contribution >= 4 is 0 Å². The summed E-state index contributed by atoms with van der Waals surface area (Å²) in [6, 6.07) is 0. The molecule has 1 N–H and O–H groups in total. The molecule has 2 heteroatoms. The van der Waals surface area contributed by atoms with Crippen LogP contribution in [0.15, 0.2) is 0 Å². The van der Waals surface area contributed by atoms with Gasteiger partial charge in [0.25, 0.3) is 0 Å². The molecule has 0 bridgehead atoms. The van der Waals surface area contributed by atoms with Crippen LogP contribution >= 0.6 is 0 Å². The second-order valence-corrected chi connectivity index (χ2v) is 8.79. The zero-order valence-electron chi connectivity index (χ0n) is 19.0. The molecule has 0 saturated heterocycles. The maximum atomic E-state index is 10.3. The van der Waals surface area contributed by atoms with Gasteiger partial charge < -0.3 is 24.9 Å². The Morgan fingerprint density at radius 3 is 2.27 bits per heavy atom. The fourth-order valence-electron chi connectivity index (χ4n) is 6.09. The Kier molecular flexibility index (Phi) is 13.8. The SMILES string of the molecule is CC.[CH2-]CC1C([C-](CC)CCC([CH2-])C)CCC2(C)C(C(C)O)CCC12.[K+]. The molecule has 0 radical (unpaired) electrons. The smallest absolute Gasteiger partial charge is 0.393 e. The molecule has 2 saturated carbocycles. The first-order valence-corrected chi connectivity index (χ1v) is 11.0. The van der Waals surface area contributed by atoms with Crippen LogP contribution < -0.4 is 51.4 Å². The van der Waals surface area contributed by atoms with Crippen molar-refractivity contribution in [1.29, 1.82) is 0 Å². The van der Waals surface area contributed by atoms with Crippen molar-refractivity contribution in [1.82, 2.24) is 0 Å². The molecule has 26 heavy (non-hydrogen) atoms. The molecular formula is C24H45KO-2. The molecule has 0 aromatic carbocycles. The molecule has 2 rings (SSSR count). The van der Waals surface area contributed by atoms with Crippen molar-refractivity contribution < 1.29 is 56.5 Å². The molecule has 1 nitrogen and oxygen atoms in total. The molecule has 0 aliphatic heterocycles. The predicted molar refractivity (Wildman–Crippen MR) is 111 cm³/mol. The molecular weight excluding hydrogens is 343 g/mol. The van der Waals surface area contributed by atoms with Crippen LogP contribution in [0.25, 0.3) is 0 Å². The van der Waals surface area contributed by atoms with E-state index < -0.39 is 0 Å². The van der Waals surface area contributed by atoms with Crippen molar-refractivity contribution in [3.8, 4) is 0 Å². The average molecular weight is 389 g/mol. The van der Waals surface area contributed by atoms with Crippen LogP contribution in [0.3, 0.4) is 0 Å². The van der Waals surface area contributed by atoms with Gasteiger partial charge in [-0.3, -0.25) is 0 Å². The second kappa shape index (κ2) is 13.0. The van der Waals surface area contributed by atoms with E-state index in [1.807, 2.05) is 20.8 Å². The van der Waals surface area contributed by atoms with E-state index in [0.29, 0.717) is 17.3 Å². The van der Waals surface area contributed by atoms with E-state index in [-0.39, 0.29) is 57.5 Å². The predicted octanol–water partition coefficient (Wildman–Crippen LogP) is 3.92. The first-order valence-electron chi connectivity index (χ1n) is 11.0. The monoisotopic (exact) mass is 388 g/mol. The van der Waals surface area contributed by atoms with E-state index in [9.17, 15) is 5.11 Å². The minimum Gasteiger partial charge on any atom is -0.393 e. The molecule has 0 aromatic rings. The number of hydrogen-bond acceptors (Lipinski definition) is 1. The zero-order chi connectivity index (χ0) is 19.2. The van der Waals surface area contributed by atoms with Crippen molar-refractivity contribution in [3.05, 3.63) is 19.8 Å². The summed E-state index contributed by atoms with van der Waals surface area (Å²) in [5, 5.41) is 10.3. The molecule has 150 valence electrons. The van der Waals surface area contributed by atoms with E-state index in [2.05, 4.69) is 34.6 Å². The van der Waals surface area contributed by atoms with Crippen LogP contribution in [0, 0.1) is 54.8 Å². The van der Waals surface area contributed by atoms with Crippen LogP contribution in [-0.4, -0.2) is 11.2 Å². The first kappa shape index (κ1) is 27.6. The standard InChI is InChI=1S/C22H39O.C2H6.K/c1-7-17(10-9-15(3)4)19-13-14-22(6)20(16(5)23)11-12-21(22)18(19)8-2;1-2;/h15-16,18-21,23H,2-3,7-14H2,1,4-6H3;1-2H3;/q-3;;+1. The van der Waals surface area contributed by atoms with Gasteiger partial charge in [-0.15, -0.1) is 6.42 Å². The van der Waals surface area contributed by atoms with Gasteiger partial charge in [0.15, 0.2) is 0 Å². The summed E-state index contributed by atoms with van der Waals surface area (Å²) in [4.78, 5) is 0. The summed E-state index contributed by atoms with van der Waals surface area (Å²) in [7, 11) is 0. The topological polar surface area (TPSA) is 20.2 Å². The third kappa shape index (κ3) is 6.30. The summed E-state index contributed by atoms with van der Waals surface area (Å²) >= 11 is 0. The number of aliphatic hydroxyl groups is 1. The summed E-state index contributed by atoms with van der Waals surface area (Å²) in [6.07, 6.45) is 9.70. The molecule has 2 aliphatic rings. The first-order chi connectivity index (χ1) is 11.8. The minimum absolute atomic E-state index is 0. The minimum atomic E-state index is -0.159. The van der Waals surface area contributed by atoms with E-state index >= 15 is 0 Å². The Morgan fingerprint density at radius 1 is 1.19 bits per heavy atom. The molecule has 7 atom stereocenters. The van der Waals surface area contributed by atoms with Gasteiger partial charge in [0.2, 0.25) is 0 Å². The van der Waals surface area contributed by atoms with Crippen LogP contribution in [-0.2, 0) is 0 Å². The average Bonchev–Trinajstić information content (AvgIpc) is 2.94. The van der Waals surface area contributed by atoms with Crippen molar-refractivity contribution in [2.45, 2.75) is 99.0 Å². The summed E-state index contributed by atoms with van der Waals surface area (Å²) in [5.74, 6) is 5.07. The maximum absolute atomic E-state index is 10.3. The maximum Gasteiger partial charge on any atom is 1.00 e. The molecule has 0 aromatic heterocycles. The number of hydrogen-bond donors (Lipinski definition) is 1. The van der Waals surface area contributed by atoms with Gasteiger partial charge in [-0.05, 0) is 43.4 Å². The van der Waals surface area contributed by atoms with Crippen molar-refractivity contribution in [2.75, 3.05) is 0 Å². The number of rotatable bonds is 7. The Balaban J connectivity index is 0.00000201. The normalized spacial score (nSPS) is 35.8. The Morgan fingerprint density at radius 2 is 1.81 bits per heavy atom. The third-order valence-corrected chi connectivity index (χ3v) is 7.36. The van der Waals surface area contributed by atoms with Gasteiger partial charge >= 0.3 is 51.4 Å². The van der Waals surface area contributed by atoms with Crippen LogP contribution in [0.5, 0.6) is 0 Å². The Bertz CT molecular complexity index is 367. The molecule has 0 amide bonds. The fourth-order valence-corrected chi connectivity index (χ4v) is 6.09. The van der Waals surface area contributed by atoms with E-state index in [0.717, 1.165) is 24.2 Å². The van der Waals surface area contributed by atoms with E-state index in [1.54, 1.807) is 5.92 Å². The quantitative estimate of drug-likeness (QED) is 0.518. The van der Waals surface area contributed by atoms with Crippen LogP contribution in [0.1, 0.15) is 92.9 Å². The van der Waals surface area contributed by atoms with Gasteiger partial charge in [0, 0.05) is 0 Å². The number of fused-ring (bicyclic) bond motifs is 1. The molecule has 2 aliphatic carbocycles. The van der Waals surface area contributed by atoms with Gasteiger partial charge in [-0.2, -0.15) is 31.1 Å². The van der Waals surface area contributed by atoms with E-state index in [1.165, 1.54) is 44.9 Å². The van der Waals surface area contributed by atoms with Gasteiger partial charge in [0.1, 0.15) is 0 Å². The van der Waals surface area contributed by atoms with Gasteiger partial charge in [-0.1, -0.05) is 47.0 Å². The molecule has 0 heterocycles. The summed E-state index contributed by atoms with van der Waals surface area (Å²) < 4.78 is 0. The fraction of sp³-hybridized carbons (Fsp3) is 0.875. The molecule has 7 unspecified atom stereocenters. The second-order valence-electron chi connectivity index (χ2n) is 8.79. The van der Waals surface area contributed by atoms with Crippen LogP contribution in [0.4, 0.5) is 0 Å². The van der Waals surface area contributed by atoms with E-state index in [4.69, 9.17) is 0 Å². The Labute approximate surface area is 208 Å².